The summed E-state index contributed by atoms with van der Waals surface area (Å²) in [6, 6.07) is 23.0. The van der Waals surface area contributed by atoms with Gasteiger partial charge in [0.15, 0.2) is 5.58 Å². The highest BCUT2D eigenvalue weighted by Gasteiger charge is 2.10. The van der Waals surface area contributed by atoms with Crippen molar-refractivity contribution in [3.05, 3.63) is 89.5 Å². The SMILES string of the molecule is COc1ccc(/C=N\NC(=O)Cc2ccccc2)cc1CSc1nc2ccccc2o1. The number of thioether (sulfide) groups is 1. The van der Waals surface area contributed by atoms with Crippen LogP contribution in [0.4, 0.5) is 0 Å². The van der Waals surface area contributed by atoms with Crippen LogP contribution in [0.5, 0.6) is 5.75 Å². The van der Waals surface area contributed by atoms with Crippen LogP contribution in [0.25, 0.3) is 11.1 Å². The molecule has 0 fully saturated rings. The minimum atomic E-state index is -0.164. The van der Waals surface area contributed by atoms with Gasteiger partial charge in [0.1, 0.15) is 11.3 Å². The molecule has 31 heavy (non-hydrogen) atoms. The molecule has 3 aromatic carbocycles. The van der Waals surface area contributed by atoms with Gasteiger partial charge < -0.3 is 9.15 Å². The molecule has 0 saturated heterocycles. The minimum Gasteiger partial charge on any atom is -0.496 e. The van der Waals surface area contributed by atoms with Gasteiger partial charge in [-0.05, 0) is 41.5 Å². The lowest BCUT2D eigenvalue weighted by atomic mass is 10.1. The fourth-order valence-corrected chi connectivity index (χ4v) is 3.86. The van der Waals surface area contributed by atoms with Gasteiger partial charge in [0.25, 0.3) is 5.22 Å². The maximum absolute atomic E-state index is 12.0. The quantitative estimate of drug-likeness (QED) is 0.246. The second kappa shape index (κ2) is 9.95. The molecule has 1 heterocycles. The number of hydrogen-bond donors (Lipinski definition) is 1. The van der Waals surface area contributed by atoms with E-state index in [1.807, 2.05) is 72.8 Å². The number of fused-ring (bicyclic) bond motifs is 1. The van der Waals surface area contributed by atoms with Crippen LogP contribution >= 0.6 is 11.8 Å². The first-order chi connectivity index (χ1) is 15.2. The van der Waals surface area contributed by atoms with Gasteiger partial charge in [0.2, 0.25) is 5.91 Å². The van der Waals surface area contributed by atoms with Crippen LogP contribution in [0.1, 0.15) is 16.7 Å². The smallest absolute Gasteiger partial charge is 0.257 e. The molecule has 0 unspecified atom stereocenters. The van der Waals surface area contributed by atoms with Crippen molar-refractivity contribution in [2.45, 2.75) is 17.4 Å². The highest BCUT2D eigenvalue weighted by atomic mass is 32.2. The summed E-state index contributed by atoms with van der Waals surface area (Å²) in [7, 11) is 1.64. The fourth-order valence-electron chi connectivity index (χ4n) is 3.04. The zero-order valence-corrected chi connectivity index (χ0v) is 17.8. The molecule has 0 aliphatic carbocycles. The van der Waals surface area contributed by atoms with Crippen LogP contribution in [0, 0.1) is 0 Å². The zero-order chi connectivity index (χ0) is 21.5. The highest BCUT2D eigenvalue weighted by molar-refractivity contribution is 7.98. The van der Waals surface area contributed by atoms with E-state index in [4.69, 9.17) is 9.15 Å². The van der Waals surface area contributed by atoms with E-state index in [0.29, 0.717) is 11.0 Å². The summed E-state index contributed by atoms with van der Waals surface area (Å²) >= 11 is 1.50. The Balaban J connectivity index is 1.39. The molecule has 0 aliphatic heterocycles. The highest BCUT2D eigenvalue weighted by Crippen LogP contribution is 2.30. The number of nitrogens with one attached hydrogen (secondary N) is 1. The third kappa shape index (κ3) is 5.52. The van der Waals surface area contributed by atoms with Crippen molar-refractivity contribution < 1.29 is 13.9 Å². The maximum atomic E-state index is 12.0. The summed E-state index contributed by atoms with van der Waals surface area (Å²) in [6.07, 6.45) is 1.91. The van der Waals surface area contributed by atoms with E-state index in [2.05, 4.69) is 15.5 Å². The third-order valence-corrected chi connectivity index (χ3v) is 5.42. The largest absolute Gasteiger partial charge is 0.496 e. The van der Waals surface area contributed by atoms with Gasteiger partial charge in [-0.15, -0.1) is 0 Å². The molecule has 6 nitrogen and oxygen atoms in total. The Bertz CT molecular complexity index is 1170. The lowest BCUT2D eigenvalue weighted by Gasteiger charge is -2.08. The molecule has 1 N–H and O–H groups in total. The van der Waals surface area contributed by atoms with Gasteiger partial charge in [0, 0.05) is 11.3 Å². The number of rotatable bonds is 8. The lowest BCUT2D eigenvalue weighted by Crippen LogP contribution is -2.19. The van der Waals surface area contributed by atoms with Gasteiger partial charge in [-0.1, -0.05) is 54.2 Å². The van der Waals surface area contributed by atoms with E-state index in [9.17, 15) is 4.79 Å². The van der Waals surface area contributed by atoms with Gasteiger partial charge in [0.05, 0.1) is 19.7 Å². The second-order valence-corrected chi connectivity index (χ2v) is 7.69. The maximum Gasteiger partial charge on any atom is 0.257 e. The molecule has 0 aliphatic rings. The number of nitrogens with zero attached hydrogens (tertiary/aromatic N) is 2. The average molecular weight is 432 g/mol. The first kappa shape index (κ1) is 20.7. The number of hydrazone groups is 1. The number of oxazole rings is 1. The Labute approximate surface area is 184 Å². The lowest BCUT2D eigenvalue weighted by molar-refractivity contribution is -0.120. The van der Waals surface area contributed by atoms with E-state index in [-0.39, 0.29) is 12.3 Å². The topological polar surface area (TPSA) is 76.7 Å². The predicted molar refractivity (Wildman–Crippen MR) is 122 cm³/mol. The standard InChI is InChI=1S/C24H21N3O3S/c1-29-21-12-11-18(15-25-27-23(28)14-17-7-3-2-4-8-17)13-19(21)16-31-24-26-20-9-5-6-10-22(20)30-24/h2-13,15H,14,16H2,1H3,(H,27,28)/b25-15-. The Kier molecular flexibility index (Phi) is 6.64. The van der Waals surface area contributed by atoms with Crippen molar-refractivity contribution in [1.29, 1.82) is 0 Å². The van der Waals surface area contributed by atoms with Crippen LogP contribution in [-0.4, -0.2) is 24.2 Å². The van der Waals surface area contributed by atoms with Crippen molar-refractivity contribution in [1.82, 2.24) is 10.4 Å². The summed E-state index contributed by atoms with van der Waals surface area (Å²) in [4.78, 5) is 16.5. The normalized spacial score (nSPS) is 11.1. The third-order valence-electron chi connectivity index (χ3n) is 4.54. The number of methoxy groups -OCH3 is 1. The molecular weight excluding hydrogens is 410 g/mol. The van der Waals surface area contributed by atoms with Crippen LogP contribution < -0.4 is 10.2 Å². The summed E-state index contributed by atoms with van der Waals surface area (Å²) in [5.74, 6) is 1.23. The molecule has 0 atom stereocenters. The Morgan fingerprint density at radius 1 is 1.13 bits per heavy atom. The van der Waals surface area contributed by atoms with Gasteiger partial charge in [-0.3, -0.25) is 4.79 Å². The number of amides is 1. The van der Waals surface area contributed by atoms with E-state index >= 15 is 0 Å². The van der Waals surface area contributed by atoms with Crippen molar-refractivity contribution in [3.63, 3.8) is 0 Å². The molecular formula is C24H21N3O3S. The number of carbonyl (C=O) groups excluding carboxylic acids is 1. The van der Waals surface area contributed by atoms with Crippen molar-refractivity contribution in [2.75, 3.05) is 7.11 Å². The van der Waals surface area contributed by atoms with E-state index in [1.165, 1.54) is 11.8 Å². The molecule has 7 heteroatoms. The van der Waals surface area contributed by atoms with Crippen LogP contribution in [0.3, 0.4) is 0 Å². The number of ether oxygens (including phenoxy) is 1. The molecule has 1 aromatic heterocycles. The van der Waals surface area contributed by atoms with E-state index < -0.39 is 0 Å². The number of carbonyl (C=O) groups is 1. The summed E-state index contributed by atoms with van der Waals surface area (Å²) in [6.45, 7) is 0. The van der Waals surface area contributed by atoms with E-state index in [0.717, 1.165) is 33.5 Å². The first-order valence-corrected chi connectivity index (χ1v) is 10.7. The van der Waals surface area contributed by atoms with Crippen LogP contribution in [-0.2, 0) is 17.0 Å². The van der Waals surface area contributed by atoms with E-state index in [1.54, 1.807) is 13.3 Å². The van der Waals surface area contributed by atoms with Gasteiger partial charge in [-0.25, -0.2) is 10.4 Å². The predicted octanol–water partition coefficient (Wildman–Crippen LogP) is 4.82. The van der Waals surface area contributed by atoms with Gasteiger partial charge in [-0.2, -0.15) is 5.10 Å². The first-order valence-electron chi connectivity index (χ1n) is 9.72. The summed E-state index contributed by atoms with van der Waals surface area (Å²) < 4.78 is 11.2. The Morgan fingerprint density at radius 2 is 1.94 bits per heavy atom. The number of hydrogen-bond acceptors (Lipinski definition) is 6. The van der Waals surface area contributed by atoms with Crippen molar-refractivity contribution in [2.24, 2.45) is 5.10 Å². The summed E-state index contributed by atoms with van der Waals surface area (Å²) in [5.41, 5.74) is 6.95. The average Bonchev–Trinajstić information content (AvgIpc) is 3.21. The van der Waals surface area contributed by atoms with Crippen molar-refractivity contribution in [3.8, 4) is 5.75 Å². The van der Waals surface area contributed by atoms with Crippen LogP contribution in [0.15, 0.2) is 87.5 Å². The molecule has 1 amide bonds. The van der Waals surface area contributed by atoms with Crippen LogP contribution in [0.2, 0.25) is 0 Å². The molecule has 0 bridgehead atoms. The minimum absolute atomic E-state index is 0.164. The number of benzene rings is 3. The molecule has 4 aromatic rings. The molecule has 0 spiro atoms. The van der Waals surface area contributed by atoms with Crippen molar-refractivity contribution >= 4 is 35.0 Å². The second-order valence-electron chi connectivity index (χ2n) is 6.76. The Hall–Kier alpha value is -3.58. The molecule has 0 radical (unpaired) electrons. The molecule has 0 saturated carbocycles. The number of aromatic nitrogens is 1. The fraction of sp³-hybridized carbons (Fsp3) is 0.125. The number of para-hydroxylation sites is 2. The molecule has 156 valence electrons. The molecule has 4 rings (SSSR count). The zero-order valence-electron chi connectivity index (χ0n) is 16.9. The van der Waals surface area contributed by atoms with Gasteiger partial charge >= 0.3 is 0 Å². The summed E-state index contributed by atoms with van der Waals surface area (Å²) in [5, 5.41) is 4.69. The monoisotopic (exact) mass is 431 g/mol. The Morgan fingerprint density at radius 3 is 2.74 bits per heavy atom.